The molecule has 0 radical (unpaired) electrons. The van der Waals surface area contributed by atoms with Crippen LogP contribution in [0.4, 0.5) is 0 Å². The first-order chi connectivity index (χ1) is 10.0. The van der Waals surface area contributed by atoms with Gasteiger partial charge < -0.3 is 14.8 Å². The lowest BCUT2D eigenvalue weighted by molar-refractivity contribution is 0.0645. The van der Waals surface area contributed by atoms with Gasteiger partial charge in [-0.15, -0.1) is 0 Å². The number of rotatable bonds is 5. The third kappa shape index (κ3) is 3.88. The Bertz CT molecular complexity index is 458. The molecule has 1 N–H and O–H groups in total. The number of hydrogen-bond acceptors (Lipinski definition) is 2. The van der Waals surface area contributed by atoms with Gasteiger partial charge in [0.2, 0.25) is 0 Å². The number of nitrogens with zero attached hydrogens (tertiary/aromatic N) is 2. The normalized spacial score (nSPS) is 16.7. The van der Waals surface area contributed by atoms with Crippen LogP contribution in [0.15, 0.2) is 18.3 Å². The average Bonchev–Trinajstić information content (AvgIpc) is 2.94. The molecule has 4 nitrogen and oxygen atoms in total. The number of nitrogens with one attached hydrogen (secondary N) is 1. The number of aromatic nitrogens is 1. The minimum absolute atomic E-state index is 0.169. The smallest absolute Gasteiger partial charge is 0.270 e. The molecule has 1 aromatic rings. The SMILES string of the molecule is CC(C)N(CC1CCNCC1)C(=O)c1cccn1C(C)C. The van der Waals surface area contributed by atoms with Crippen molar-refractivity contribution < 1.29 is 4.79 Å². The van der Waals surface area contributed by atoms with Crippen LogP contribution in [0.5, 0.6) is 0 Å². The second-order valence-corrected chi connectivity index (χ2v) is 6.64. The first-order valence-electron chi connectivity index (χ1n) is 8.19. The summed E-state index contributed by atoms with van der Waals surface area (Å²) in [5.41, 5.74) is 0.813. The van der Waals surface area contributed by atoms with Crippen LogP contribution in [-0.4, -0.2) is 41.1 Å². The Morgan fingerprint density at radius 1 is 1.33 bits per heavy atom. The average molecular weight is 291 g/mol. The Labute approximate surface area is 128 Å². The van der Waals surface area contributed by atoms with Crippen LogP contribution in [0.1, 0.15) is 57.1 Å². The maximum Gasteiger partial charge on any atom is 0.270 e. The van der Waals surface area contributed by atoms with Crippen LogP contribution in [0.3, 0.4) is 0 Å². The van der Waals surface area contributed by atoms with E-state index < -0.39 is 0 Å². The molecule has 1 aliphatic heterocycles. The molecule has 1 saturated heterocycles. The molecule has 1 aliphatic rings. The number of carbonyl (C=O) groups excluding carboxylic acids is 1. The van der Waals surface area contributed by atoms with E-state index in [9.17, 15) is 4.79 Å². The topological polar surface area (TPSA) is 37.3 Å². The number of hydrogen-bond donors (Lipinski definition) is 1. The van der Waals surface area contributed by atoms with Crippen molar-refractivity contribution in [2.75, 3.05) is 19.6 Å². The fraction of sp³-hybridized carbons (Fsp3) is 0.706. The van der Waals surface area contributed by atoms with Crippen molar-refractivity contribution in [3.05, 3.63) is 24.0 Å². The van der Waals surface area contributed by atoms with E-state index in [1.807, 2.05) is 23.2 Å². The second-order valence-electron chi connectivity index (χ2n) is 6.64. The van der Waals surface area contributed by atoms with E-state index in [4.69, 9.17) is 0 Å². The van der Waals surface area contributed by atoms with E-state index in [1.165, 1.54) is 12.8 Å². The van der Waals surface area contributed by atoms with Gasteiger partial charge in [0.15, 0.2) is 0 Å². The summed E-state index contributed by atoms with van der Waals surface area (Å²) in [5.74, 6) is 0.794. The molecule has 4 heteroatoms. The fourth-order valence-electron chi connectivity index (χ4n) is 3.04. The third-order valence-corrected chi connectivity index (χ3v) is 4.35. The van der Waals surface area contributed by atoms with Gasteiger partial charge in [0.25, 0.3) is 5.91 Å². The predicted octanol–water partition coefficient (Wildman–Crippen LogP) is 2.92. The van der Waals surface area contributed by atoms with Crippen molar-refractivity contribution in [1.29, 1.82) is 0 Å². The first-order valence-corrected chi connectivity index (χ1v) is 8.19. The molecule has 1 fully saturated rings. The van der Waals surface area contributed by atoms with E-state index >= 15 is 0 Å². The zero-order chi connectivity index (χ0) is 15.4. The summed E-state index contributed by atoms with van der Waals surface area (Å²) in [6.45, 7) is 11.5. The zero-order valence-electron chi connectivity index (χ0n) is 13.8. The molecular formula is C17H29N3O. The van der Waals surface area contributed by atoms with E-state index in [1.54, 1.807) is 0 Å². The summed E-state index contributed by atoms with van der Waals surface area (Å²) in [4.78, 5) is 15.0. The van der Waals surface area contributed by atoms with Gasteiger partial charge in [0.1, 0.15) is 5.69 Å². The molecule has 0 saturated carbocycles. The summed E-state index contributed by atoms with van der Waals surface area (Å²) >= 11 is 0. The summed E-state index contributed by atoms with van der Waals surface area (Å²) in [7, 11) is 0. The van der Waals surface area contributed by atoms with Gasteiger partial charge >= 0.3 is 0 Å². The minimum Gasteiger partial charge on any atom is -0.341 e. The summed E-state index contributed by atoms with van der Waals surface area (Å²) in [6.07, 6.45) is 4.34. The molecule has 0 bridgehead atoms. The molecule has 2 heterocycles. The Balaban J connectivity index is 2.13. The quantitative estimate of drug-likeness (QED) is 0.905. The van der Waals surface area contributed by atoms with Crippen LogP contribution in [0, 0.1) is 5.92 Å². The number of piperidine rings is 1. The molecule has 21 heavy (non-hydrogen) atoms. The lowest BCUT2D eigenvalue weighted by atomic mass is 9.97. The van der Waals surface area contributed by atoms with Crippen molar-refractivity contribution in [2.24, 2.45) is 5.92 Å². The van der Waals surface area contributed by atoms with Gasteiger partial charge in [-0.3, -0.25) is 4.79 Å². The van der Waals surface area contributed by atoms with Gasteiger partial charge in [-0.05, 0) is 71.7 Å². The molecule has 0 unspecified atom stereocenters. The monoisotopic (exact) mass is 291 g/mol. The minimum atomic E-state index is 0.169. The van der Waals surface area contributed by atoms with Crippen LogP contribution in [0.25, 0.3) is 0 Å². The van der Waals surface area contributed by atoms with Crippen molar-refractivity contribution >= 4 is 5.91 Å². The molecule has 0 spiro atoms. The van der Waals surface area contributed by atoms with Crippen LogP contribution in [0.2, 0.25) is 0 Å². The Kier molecular flexibility index (Phi) is 5.45. The van der Waals surface area contributed by atoms with Crippen molar-refractivity contribution in [3.63, 3.8) is 0 Å². The van der Waals surface area contributed by atoms with Gasteiger partial charge in [-0.25, -0.2) is 0 Å². The fourth-order valence-corrected chi connectivity index (χ4v) is 3.04. The van der Waals surface area contributed by atoms with E-state index in [-0.39, 0.29) is 11.9 Å². The summed E-state index contributed by atoms with van der Waals surface area (Å²) in [6, 6.07) is 4.46. The molecular weight excluding hydrogens is 262 g/mol. The lowest BCUT2D eigenvalue weighted by Gasteiger charge is -2.33. The molecule has 1 aromatic heterocycles. The van der Waals surface area contributed by atoms with Gasteiger partial charge in [-0.2, -0.15) is 0 Å². The van der Waals surface area contributed by atoms with E-state index in [0.717, 1.165) is 25.3 Å². The first kappa shape index (κ1) is 16.1. The molecule has 0 atom stereocenters. The summed E-state index contributed by atoms with van der Waals surface area (Å²) < 4.78 is 2.07. The summed E-state index contributed by atoms with van der Waals surface area (Å²) in [5, 5.41) is 3.39. The van der Waals surface area contributed by atoms with Crippen molar-refractivity contribution in [1.82, 2.24) is 14.8 Å². The van der Waals surface area contributed by atoms with Gasteiger partial charge in [0.05, 0.1) is 0 Å². The highest BCUT2D eigenvalue weighted by Gasteiger charge is 2.25. The largest absolute Gasteiger partial charge is 0.341 e. The van der Waals surface area contributed by atoms with Crippen LogP contribution < -0.4 is 5.32 Å². The highest BCUT2D eigenvalue weighted by Crippen LogP contribution is 2.19. The number of amides is 1. The molecule has 118 valence electrons. The Morgan fingerprint density at radius 2 is 2.00 bits per heavy atom. The highest BCUT2D eigenvalue weighted by atomic mass is 16.2. The predicted molar refractivity (Wildman–Crippen MR) is 86.6 cm³/mol. The zero-order valence-corrected chi connectivity index (χ0v) is 13.8. The third-order valence-electron chi connectivity index (χ3n) is 4.35. The van der Waals surface area contributed by atoms with E-state index in [2.05, 4.69) is 37.6 Å². The van der Waals surface area contributed by atoms with Crippen molar-refractivity contribution in [3.8, 4) is 0 Å². The maximum absolute atomic E-state index is 12.9. The maximum atomic E-state index is 12.9. The van der Waals surface area contributed by atoms with Crippen LogP contribution in [-0.2, 0) is 0 Å². The molecule has 0 aliphatic carbocycles. The van der Waals surface area contributed by atoms with Gasteiger partial charge in [0, 0.05) is 24.8 Å². The molecule has 2 rings (SSSR count). The van der Waals surface area contributed by atoms with Gasteiger partial charge in [-0.1, -0.05) is 0 Å². The van der Waals surface area contributed by atoms with E-state index in [0.29, 0.717) is 12.0 Å². The van der Waals surface area contributed by atoms with Crippen LogP contribution >= 0.6 is 0 Å². The van der Waals surface area contributed by atoms with Crippen molar-refractivity contribution in [2.45, 2.75) is 52.6 Å². The standard InChI is InChI=1S/C17H29N3O/c1-13(2)19-11-5-6-16(19)17(21)20(14(3)4)12-15-7-9-18-10-8-15/h5-6,11,13-15,18H,7-10,12H2,1-4H3. The highest BCUT2D eigenvalue weighted by molar-refractivity contribution is 5.93. The molecule has 0 aromatic carbocycles. The molecule has 1 amide bonds. The number of carbonyl (C=O) groups is 1. The second kappa shape index (κ2) is 7.12. The Morgan fingerprint density at radius 3 is 2.57 bits per heavy atom. The Hall–Kier alpha value is -1.29. The lowest BCUT2D eigenvalue weighted by Crippen LogP contribution is -2.43.